The van der Waals surface area contributed by atoms with E-state index < -0.39 is 18.0 Å². The Labute approximate surface area is 256 Å². The van der Waals surface area contributed by atoms with E-state index >= 15 is 0 Å². The van der Waals surface area contributed by atoms with E-state index in [1.807, 2.05) is 18.2 Å². The van der Waals surface area contributed by atoms with Crippen LogP contribution in [0.5, 0.6) is 5.75 Å². The number of benzene rings is 2. The molecule has 1 aliphatic rings. The van der Waals surface area contributed by atoms with Gasteiger partial charge in [-0.05, 0) is 64.1 Å². The zero-order valence-electron chi connectivity index (χ0n) is 24.2. The molecule has 9 nitrogen and oxygen atoms in total. The number of esters is 2. The summed E-state index contributed by atoms with van der Waals surface area (Å²) in [7, 11) is 1.53. The van der Waals surface area contributed by atoms with Crippen molar-refractivity contribution in [2.24, 2.45) is 4.99 Å². The molecule has 0 amide bonds. The molecule has 0 N–H and O–H groups in total. The molecule has 1 atom stereocenters. The molecule has 0 fully saturated rings. The fourth-order valence-corrected chi connectivity index (χ4v) is 6.06. The molecule has 0 spiro atoms. The highest BCUT2D eigenvalue weighted by molar-refractivity contribution is 7.07. The molecule has 2 aromatic carbocycles. The number of rotatable bonds is 8. The van der Waals surface area contributed by atoms with E-state index in [1.54, 1.807) is 70.2 Å². The van der Waals surface area contributed by atoms with Crippen LogP contribution in [0, 0.1) is 0 Å². The second-order valence-corrected chi connectivity index (χ2v) is 11.3. The van der Waals surface area contributed by atoms with Crippen molar-refractivity contribution >= 4 is 41.0 Å². The quantitative estimate of drug-likeness (QED) is 0.246. The smallest absolute Gasteiger partial charge is 0.339 e. The average Bonchev–Trinajstić information content (AvgIpc) is 3.56. The fourth-order valence-electron chi connectivity index (χ4n) is 4.86. The van der Waals surface area contributed by atoms with Crippen molar-refractivity contribution in [3.8, 4) is 17.1 Å². The third-order valence-corrected chi connectivity index (χ3v) is 7.88. The molecule has 5 rings (SSSR count). The maximum atomic E-state index is 13.9. The summed E-state index contributed by atoms with van der Waals surface area (Å²) in [5.41, 5.74) is 1.73. The van der Waals surface area contributed by atoms with Crippen molar-refractivity contribution in [3.05, 3.63) is 107 Å². The summed E-state index contributed by atoms with van der Waals surface area (Å²) >= 11 is 7.41. The summed E-state index contributed by atoms with van der Waals surface area (Å²) in [5, 5.41) is 0.423. The van der Waals surface area contributed by atoms with Gasteiger partial charge >= 0.3 is 11.9 Å². The zero-order valence-corrected chi connectivity index (χ0v) is 25.7. The van der Waals surface area contributed by atoms with E-state index in [0.717, 1.165) is 0 Å². The van der Waals surface area contributed by atoms with Crippen LogP contribution in [-0.4, -0.2) is 36.3 Å². The van der Waals surface area contributed by atoms with Crippen molar-refractivity contribution < 1.29 is 28.2 Å². The number of furan rings is 1. The molecule has 0 bridgehead atoms. The number of carbonyl (C=O) groups is 2. The second-order valence-electron chi connectivity index (χ2n) is 9.89. The lowest BCUT2D eigenvalue weighted by molar-refractivity contribution is -0.139. The lowest BCUT2D eigenvalue weighted by Gasteiger charge is -2.25. The highest BCUT2D eigenvalue weighted by atomic mass is 35.5. The van der Waals surface area contributed by atoms with Gasteiger partial charge in [0.15, 0.2) is 4.80 Å². The molecule has 11 heteroatoms. The van der Waals surface area contributed by atoms with Gasteiger partial charge < -0.3 is 18.6 Å². The average molecular weight is 621 g/mol. The van der Waals surface area contributed by atoms with Gasteiger partial charge in [0.1, 0.15) is 23.3 Å². The first-order valence-corrected chi connectivity index (χ1v) is 14.8. The Morgan fingerprint density at radius 3 is 2.63 bits per heavy atom. The van der Waals surface area contributed by atoms with Crippen LogP contribution in [0.2, 0.25) is 5.02 Å². The molecule has 2 aromatic heterocycles. The first-order chi connectivity index (χ1) is 20.6. The van der Waals surface area contributed by atoms with E-state index in [-0.39, 0.29) is 23.8 Å². The van der Waals surface area contributed by atoms with Gasteiger partial charge in [-0.25, -0.2) is 14.6 Å². The summed E-state index contributed by atoms with van der Waals surface area (Å²) in [5.74, 6) is 0.209. The number of fused-ring (bicyclic) bond motifs is 1. The lowest BCUT2D eigenvalue weighted by atomic mass is 9.95. The predicted octanol–water partition coefficient (Wildman–Crippen LogP) is 5.29. The topological polar surface area (TPSA) is 109 Å². The van der Waals surface area contributed by atoms with E-state index in [0.29, 0.717) is 54.0 Å². The van der Waals surface area contributed by atoms with Crippen LogP contribution in [0.15, 0.2) is 80.1 Å². The molecule has 0 radical (unpaired) electrons. The molecule has 222 valence electrons. The van der Waals surface area contributed by atoms with Crippen molar-refractivity contribution in [1.82, 2.24) is 4.57 Å². The highest BCUT2D eigenvalue weighted by Gasteiger charge is 2.35. The maximum absolute atomic E-state index is 13.9. The molecule has 3 heterocycles. The Bertz CT molecular complexity index is 1930. The number of carbonyl (C=O) groups excluding carboxylic acids is 2. The number of para-hydroxylation sites is 1. The number of hydrogen-bond acceptors (Lipinski definition) is 9. The molecule has 0 aliphatic carbocycles. The summed E-state index contributed by atoms with van der Waals surface area (Å²) in [6, 6.07) is 14.6. The Kier molecular flexibility index (Phi) is 8.70. The van der Waals surface area contributed by atoms with E-state index in [1.165, 1.54) is 23.0 Å². The zero-order chi connectivity index (χ0) is 30.8. The second kappa shape index (κ2) is 12.4. The van der Waals surface area contributed by atoms with Crippen LogP contribution in [0.1, 0.15) is 55.4 Å². The Hall–Kier alpha value is -4.41. The third kappa shape index (κ3) is 5.93. The van der Waals surface area contributed by atoms with Gasteiger partial charge in [-0.1, -0.05) is 41.1 Å². The number of ether oxygens (including phenoxy) is 3. The summed E-state index contributed by atoms with van der Waals surface area (Å²) in [6.45, 7) is 7.15. The summed E-state index contributed by atoms with van der Waals surface area (Å²) in [4.78, 5) is 44.9. The van der Waals surface area contributed by atoms with Gasteiger partial charge in [-0.3, -0.25) is 9.36 Å². The van der Waals surface area contributed by atoms with Crippen LogP contribution < -0.4 is 19.6 Å². The van der Waals surface area contributed by atoms with Gasteiger partial charge in [-0.2, -0.15) is 0 Å². The molecule has 0 saturated heterocycles. The minimum absolute atomic E-state index is 0.170. The van der Waals surface area contributed by atoms with Gasteiger partial charge in [0.05, 0.1) is 41.2 Å². The van der Waals surface area contributed by atoms with E-state index in [9.17, 15) is 14.4 Å². The predicted molar refractivity (Wildman–Crippen MR) is 163 cm³/mol. The van der Waals surface area contributed by atoms with E-state index in [2.05, 4.69) is 4.99 Å². The number of aromatic nitrogens is 1. The number of allylic oxidation sites excluding steroid dienone is 1. The Balaban J connectivity index is 1.63. The normalized spacial score (nSPS) is 14.9. The lowest BCUT2D eigenvalue weighted by Crippen LogP contribution is -2.40. The first kappa shape index (κ1) is 30.1. The summed E-state index contributed by atoms with van der Waals surface area (Å²) < 4.78 is 24.2. The highest BCUT2D eigenvalue weighted by Crippen LogP contribution is 2.36. The maximum Gasteiger partial charge on any atom is 0.339 e. The van der Waals surface area contributed by atoms with Crippen LogP contribution in [0.25, 0.3) is 17.4 Å². The summed E-state index contributed by atoms with van der Waals surface area (Å²) in [6.07, 6.45) is 1.30. The minimum Gasteiger partial charge on any atom is -0.496 e. The third-order valence-electron chi connectivity index (χ3n) is 6.66. The number of thiazole rings is 1. The van der Waals surface area contributed by atoms with Crippen LogP contribution in [0.4, 0.5) is 0 Å². The van der Waals surface area contributed by atoms with Crippen LogP contribution >= 0.6 is 22.9 Å². The standard InChI is InChI=1S/C32H29ClN2O7S/c1-6-40-31(38)27-18(4)34-32-35(28(27)22-9-7-8-10-24(22)39-5)29(36)26(43-32)16-20-12-14-25(42-20)23-15-19(33)11-13-21(23)30(37)41-17(2)3/h7-17,28H,6H2,1-5H3/b26-16+/t28-/m0/s1. The van der Waals surface area contributed by atoms with Gasteiger partial charge in [0.25, 0.3) is 5.56 Å². The Morgan fingerprint density at radius 1 is 1.14 bits per heavy atom. The van der Waals surface area contributed by atoms with Gasteiger partial charge in [0, 0.05) is 22.2 Å². The van der Waals surface area contributed by atoms with Crippen LogP contribution in [0.3, 0.4) is 0 Å². The van der Waals surface area contributed by atoms with Crippen molar-refractivity contribution in [2.45, 2.75) is 39.8 Å². The largest absolute Gasteiger partial charge is 0.496 e. The molecule has 0 unspecified atom stereocenters. The number of hydrogen-bond donors (Lipinski definition) is 0. The van der Waals surface area contributed by atoms with E-state index in [4.69, 9.17) is 30.2 Å². The number of nitrogens with zero attached hydrogens (tertiary/aromatic N) is 2. The van der Waals surface area contributed by atoms with Gasteiger partial charge in [-0.15, -0.1) is 0 Å². The van der Waals surface area contributed by atoms with Crippen molar-refractivity contribution in [1.29, 1.82) is 0 Å². The molecule has 0 saturated carbocycles. The van der Waals surface area contributed by atoms with Gasteiger partial charge in [0.2, 0.25) is 0 Å². The molecule has 4 aromatic rings. The first-order valence-electron chi connectivity index (χ1n) is 13.6. The van der Waals surface area contributed by atoms with Crippen LogP contribution in [-0.2, 0) is 14.3 Å². The molecule has 1 aliphatic heterocycles. The number of methoxy groups -OCH3 is 1. The Morgan fingerprint density at radius 2 is 1.91 bits per heavy atom. The number of halogens is 1. The van der Waals surface area contributed by atoms with Crippen molar-refractivity contribution in [2.75, 3.05) is 13.7 Å². The molecule has 43 heavy (non-hydrogen) atoms. The molecular weight excluding hydrogens is 592 g/mol. The SMILES string of the molecule is CCOC(=O)C1=C(C)N=c2s/c(=C/c3ccc(-c4cc(Cl)ccc4C(=O)OC(C)C)o3)c(=O)n2[C@H]1c1ccccc1OC. The fraction of sp³-hybridized carbons (Fsp3) is 0.250. The monoisotopic (exact) mass is 620 g/mol. The minimum atomic E-state index is -0.818. The molecular formula is C32H29ClN2O7S. The van der Waals surface area contributed by atoms with Crippen molar-refractivity contribution in [3.63, 3.8) is 0 Å².